The zero-order chi connectivity index (χ0) is 16.7. The van der Waals surface area contributed by atoms with Crippen molar-refractivity contribution >= 4 is 17.6 Å². The third kappa shape index (κ3) is 4.83. The molecule has 0 heterocycles. The highest BCUT2D eigenvalue weighted by Gasteiger charge is 2.26. The van der Waals surface area contributed by atoms with Crippen LogP contribution < -0.4 is 5.32 Å². The van der Waals surface area contributed by atoms with E-state index in [1.54, 1.807) is 6.07 Å². The quantitative estimate of drug-likeness (QED) is 0.471. The summed E-state index contributed by atoms with van der Waals surface area (Å²) in [5.74, 6) is -0.945. The molecular weight excluding hydrogens is 288 g/mol. The van der Waals surface area contributed by atoms with Crippen LogP contribution in [0.15, 0.2) is 24.3 Å². The van der Waals surface area contributed by atoms with Gasteiger partial charge >= 0.3 is 5.97 Å². The topological polar surface area (TPSA) is 98.5 Å². The smallest absolute Gasteiger partial charge is 0.328 e. The minimum absolute atomic E-state index is 0.0361. The van der Waals surface area contributed by atoms with Crippen LogP contribution in [-0.4, -0.2) is 30.0 Å². The number of rotatable bonds is 7. The number of nitro groups is 1. The molecule has 0 spiro atoms. The van der Waals surface area contributed by atoms with E-state index in [0.29, 0.717) is 12.0 Å². The number of nitro benzene ring substituents is 1. The largest absolute Gasteiger partial charge is 0.467 e. The van der Waals surface area contributed by atoms with Crippen LogP contribution in [0.5, 0.6) is 0 Å². The fourth-order valence-corrected chi connectivity index (χ4v) is 1.99. The molecule has 1 amide bonds. The number of non-ortho nitro benzene ring substituents is 1. The second-order valence-electron chi connectivity index (χ2n) is 5.06. The Kier molecular flexibility index (Phi) is 6.49. The Hall–Kier alpha value is -2.44. The summed E-state index contributed by atoms with van der Waals surface area (Å²) < 4.78 is 4.69. The van der Waals surface area contributed by atoms with Gasteiger partial charge in [-0.3, -0.25) is 14.9 Å². The normalized spacial score (nSPS) is 13.0. The summed E-state index contributed by atoms with van der Waals surface area (Å²) in [6, 6.07) is 5.13. The molecule has 0 unspecified atom stereocenters. The number of carbonyl (C=O) groups is 2. The van der Waals surface area contributed by atoms with Gasteiger partial charge in [-0.2, -0.15) is 0 Å². The van der Waals surface area contributed by atoms with E-state index in [2.05, 4.69) is 5.32 Å². The number of hydrogen-bond acceptors (Lipinski definition) is 5. The van der Waals surface area contributed by atoms with E-state index in [0.717, 1.165) is 0 Å². The van der Waals surface area contributed by atoms with E-state index in [4.69, 9.17) is 4.74 Å². The Bertz CT molecular complexity index is 559. The lowest BCUT2D eigenvalue weighted by Gasteiger charge is -2.21. The Morgan fingerprint density at radius 3 is 2.64 bits per heavy atom. The summed E-state index contributed by atoms with van der Waals surface area (Å²) in [6.45, 7) is 3.75. The number of nitrogens with one attached hydrogen (secondary N) is 1. The number of esters is 1. The molecule has 7 heteroatoms. The summed E-state index contributed by atoms with van der Waals surface area (Å²) in [4.78, 5) is 34.0. The van der Waals surface area contributed by atoms with E-state index in [9.17, 15) is 19.7 Å². The Balaban J connectivity index is 2.77. The third-order valence-corrected chi connectivity index (χ3v) is 3.47. The second-order valence-corrected chi connectivity index (χ2v) is 5.06. The van der Waals surface area contributed by atoms with Gasteiger partial charge in [-0.15, -0.1) is 0 Å². The fraction of sp³-hybridized carbons (Fsp3) is 0.467. The van der Waals surface area contributed by atoms with Gasteiger partial charge in [0.05, 0.1) is 18.5 Å². The number of ether oxygens (including phenoxy) is 1. The molecule has 120 valence electrons. The molecule has 2 atom stereocenters. The second kappa shape index (κ2) is 8.11. The molecule has 1 aromatic carbocycles. The van der Waals surface area contributed by atoms with Gasteiger partial charge in [-0.25, -0.2) is 4.79 Å². The van der Waals surface area contributed by atoms with Crippen molar-refractivity contribution in [2.45, 2.75) is 32.7 Å². The van der Waals surface area contributed by atoms with Crippen molar-refractivity contribution in [1.29, 1.82) is 0 Å². The van der Waals surface area contributed by atoms with Crippen LogP contribution >= 0.6 is 0 Å². The Morgan fingerprint density at radius 1 is 1.41 bits per heavy atom. The predicted molar refractivity (Wildman–Crippen MR) is 80.2 cm³/mol. The van der Waals surface area contributed by atoms with E-state index >= 15 is 0 Å². The van der Waals surface area contributed by atoms with Crippen molar-refractivity contribution in [2.75, 3.05) is 7.11 Å². The minimum Gasteiger partial charge on any atom is -0.467 e. The van der Waals surface area contributed by atoms with Crippen molar-refractivity contribution in [3.8, 4) is 0 Å². The highest BCUT2D eigenvalue weighted by molar-refractivity contribution is 5.85. The molecule has 7 nitrogen and oxygen atoms in total. The van der Waals surface area contributed by atoms with Crippen LogP contribution in [0.1, 0.15) is 25.8 Å². The van der Waals surface area contributed by atoms with Gasteiger partial charge in [0, 0.05) is 12.1 Å². The first-order valence-electron chi connectivity index (χ1n) is 6.99. The summed E-state index contributed by atoms with van der Waals surface area (Å²) in [5.41, 5.74) is 0.441. The average Bonchev–Trinajstić information content (AvgIpc) is 2.51. The summed E-state index contributed by atoms with van der Waals surface area (Å²) >= 11 is 0. The van der Waals surface area contributed by atoms with Gasteiger partial charge in [0.1, 0.15) is 6.04 Å². The van der Waals surface area contributed by atoms with Crippen LogP contribution in [0.3, 0.4) is 0 Å². The Labute approximate surface area is 128 Å². The van der Waals surface area contributed by atoms with Gasteiger partial charge in [-0.05, 0) is 11.5 Å². The van der Waals surface area contributed by atoms with Crippen LogP contribution in [0.25, 0.3) is 0 Å². The molecule has 1 aromatic rings. The first-order chi connectivity index (χ1) is 10.4. The van der Waals surface area contributed by atoms with E-state index < -0.39 is 16.9 Å². The maximum atomic E-state index is 12.1. The lowest BCUT2D eigenvalue weighted by molar-refractivity contribution is -0.384. The van der Waals surface area contributed by atoms with Crippen LogP contribution in [0, 0.1) is 16.0 Å². The van der Waals surface area contributed by atoms with Crippen LogP contribution in [0.4, 0.5) is 5.69 Å². The van der Waals surface area contributed by atoms with Crippen molar-refractivity contribution in [2.24, 2.45) is 5.92 Å². The van der Waals surface area contributed by atoms with Crippen molar-refractivity contribution < 1.29 is 19.2 Å². The zero-order valence-electron chi connectivity index (χ0n) is 12.9. The highest BCUT2D eigenvalue weighted by Crippen LogP contribution is 2.14. The van der Waals surface area contributed by atoms with Gasteiger partial charge in [0.15, 0.2) is 0 Å². The monoisotopic (exact) mass is 308 g/mol. The predicted octanol–water partition coefficient (Wildman–Crippen LogP) is 1.84. The summed E-state index contributed by atoms with van der Waals surface area (Å²) in [7, 11) is 1.27. The SMILES string of the molecule is CC[C@@H](C)[C@@H](NC(=O)Cc1cccc([N+](=O)[O-])c1)C(=O)OC. The maximum absolute atomic E-state index is 12.1. The van der Waals surface area contributed by atoms with Gasteiger partial charge in [-0.1, -0.05) is 32.4 Å². The Morgan fingerprint density at radius 2 is 2.09 bits per heavy atom. The number of hydrogen-bond donors (Lipinski definition) is 1. The standard InChI is InChI=1S/C15H20N2O5/c1-4-10(2)14(15(19)22-3)16-13(18)9-11-6-5-7-12(8-11)17(20)21/h5-8,10,14H,4,9H2,1-3H3,(H,16,18)/t10-,14-/m1/s1. The number of nitrogens with zero attached hydrogens (tertiary/aromatic N) is 1. The molecular formula is C15H20N2O5. The fourth-order valence-electron chi connectivity index (χ4n) is 1.99. The molecule has 0 fully saturated rings. The molecule has 0 saturated heterocycles. The molecule has 1 N–H and O–H groups in total. The van der Waals surface area contributed by atoms with Crippen molar-refractivity contribution in [1.82, 2.24) is 5.32 Å². The lowest BCUT2D eigenvalue weighted by atomic mass is 9.99. The summed E-state index contributed by atoms with van der Waals surface area (Å²) in [5, 5.41) is 13.3. The van der Waals surface area contributed by atoms with Crippen LogP contribution in [0.2, 0.25) is 0 Å². The van der Waals surface area contributed by atoms with Crippen LogP contribution in [-0.2, 0) is 20.7 Å². The van der Waals surface area contributed by atoms with E-state index in [1.807, 2.05) is 13.8 Å². The average molecular weight is 308 g/mol. The molecule has 0 bridgehead atoms. The summed E-state index contributed by atoms with van der Waals surface area (Å²) in [6.07, 6.45) is 0.669. The van der Waals surface area contributed by atoms with E-state index in [1.165, 1.54) is 25.3 Å². The maximum Gasteiger partial charge on any atom is 0.328 e. The first kappa shape index (κ1) is 17.6. The van der Waals surface area contributed by atoms with Gasteiger partial charge in [0.25, 0.3) is 5.69 Å². The molecule has 0 aliphatic carbocycles. The number of amides is 1. The van der Waals surface area contributed by atoms with E-state index in [-0.39, 0.29) is 23.9 Å². The van der Waals surface area contributed by atoms with Crippen molar-refractivity contribution in [3.63, 3.8) is 0 Å². The minimum atomic E-state index is -0.721. The zero-order valence-corrected chi connectivity index (χ0v) is 12.9. The highest BCUT2D eigenvalue weighted by atomic mass is 16.6. The lowest BCUT2D eigenvalue weighted by Crippen LogP contribution is -2.46. The molecule has 0 aliphatic rings. The first-order valence-corrected chi connectivity index (χ1v) is 6.99. The molecule has 0 saturated carbocycles. The van der Waals surface area contributed by atoms with Gasteiger partial charge < -0.3 is 10.1 Å². The number of carbonyl (C=O) groups excluding carboxylic acids is 2. The third-order valence-electron chi connectivity index (χ3n) is 3.47. The molecule has 22 heavy (non-hydrogen) atoms. The molecule has 1 rings (SSSR count). The number of benzene rings is 1. The number of methoxy groups -OCH3 is 1. The van der Waals surface area contributed by atoms with Crippen molar-refractivity contribution in [3.05, 3.63) is 39.9 Å². The molecule has 0 radical (unpaired) electrons. The van der Waals surface area contributed by atoms with Gasteiger partial charge in [0.2, 0.25) is 5.91 Å². The molecule has 0 aromatic heterocycles. The molecule has 0 aliphatic heterocycles.